The standard InChI is InChI=1S/C28H31NO3.ClH/c1-22(28(31)24-14-7-4-8-15-24)29(19-10-13-23-11-5-3-6-12-23)20-18-27(30)25-16-9-17-26(21-25)32-2;/h3-17,21-22,28,31H,18-20H2,1-2H3;1H/b13-10+;. The number of Topliss-reactive ketones (excluding diaryl/α,β-unsaturated/α-hetero) is 1. The van der Waals surface area contributed by atoms with E-state index in [0.717, 1.165) is 16.0 Å². The van der Waals surface area contributed by atoms with Gasteiger partial charge in [-0.05, 0) is 36.3 Å². The second kappa shape index (κ2) is 13.6. The molecule has 33 heavy (non-hydrogen) atoms. The van der Waals surface area contributed by atoms with Crippen LogP contribution in [-0.4, -0.2) is 37.1 Å². The summed E-state index contributed by atoms with van der Waals surface area (Å²) in [4.78, 5) is 14.0. The van der Waals surface area contributed by atoms with Crippen molar-refractivity contribution in [3.63, 3.8) is 0 Å². The Morgan fingerprint density at radius 1 is 1.00 bits per heavy atom. The maximum absolute atomic E-state index is 12.8. The molecule has 3 aromatic rings. The number of halogens is 1. The van der Waals surface area contributed by atoms with Crippen LogP contribution in [-0.2, 0) is 0 Å². The zero-order chi connectivity index (χ0) is 22.8. The van der Waals surface area contributed by atoms with Crippen LogP contribution in [0.2, 0.25) is 0 Å². The van der Waals surface area contributed by atoms with Crippen molar-refractivity contribution in [3.8, 4) is 5.75 Å². The first kappa shape index (κ1) is 26.3. The Labute approximate surface area is 202 Å². The van der Waals surface area contributed by atoms with Gasteiger partial charge in [-0.25, -0.2) is 0 Å². The van der Waals surface area contributed by atoms with Crippen LogP contribution in [0.1, 0.15) is 40.9 Å². The molecule has 0 bridgehead atoms. The number of hydrogen-bond donors (Lipinski definition) is 2. The number of carbonyl (C=O) groups is 1. The van der Waals surface area contributed by atoms with Crippen molar-refractivity contribution in [2.45, 2.75) is 25.5 Å². The molecule has 3 aromatic carbocycles. The van der Waals surface area contributed by atoms with Gasteiger partial charge in [0.2, 0.25) is 0 Å². The van der Waals surface area contributed by atoms with E-state index in [1.165, 1.54) is 0 Å². The fourth-order valence-electron chi connectivity index (χ4n) is 3.80. The van der Waals surface area contributed by atoms with Gasteiger partial charge < -0.3 is 27.2 Å². The number of ketones is 1. The van der Waals surface area contributed by atoms with E-state index in [1.54, 1.807) is 13.2 Å². The maximum atomic E-state index is 12.8. The Morgan fingerprint density at radius 2 is 1.67 bits per heavy atom. The Hall–Kier alpha value is -2.92. The van der Waals surface area contributed by atoms with E-state index >= 15 is 0 Å². The van der Waals surface area contributed by atoms with E-state index in [-0.39, 0.29) is 24.2 Å². The lowest BCUT2D eigenvalue weighted by Crippen LogP contribution is -3.16. The third kappa shape index (κ3) is 7.86. The van der Waals surface area contributed by atoms with Crippen LogP contribution in [0.4, 0.5) is 0 Å². The number of methoxy groups -OCH3 is 1. The van der Waals surface area contributed by atoms with Gasteiger partial charge in [0, 0.05) is 5.56 Å². The molecule has 0 heterocycles. The average molecular weight is 466 g/mol. The minimum atomic E-state index is -0.608. The highest BCUT2D eigenvalue weighted by Crippen LogP contribution is 2.16. The van der Waals surface area contributed by atoms with Gasteiger partial charge in [0.1, 0.15) is 17.9 Å². The van der Waals surface area contributed by atoms with Gasteiger partial charge in [0.05, 0.1) is 26.6 Å². The summed E-state index contributed by atoms with van der Waals surface area (Å²) in [6, 6.07) is 27.0. The van der Waals surface area contributed by atoms with E-state index in [9.17, 15) is 9.90 Å². The lowest BCUT2D eigenvalue weighted by molar-refractivity contribution is -0.921. The number of quaternary nitrogens is 1. The molecule has 0 aliphatic heterocycles. The Kier molecular flexibility index (Phi) is 10.8. The highest BCUT2D eigenvalue weighted by Gasteiger charge is 2.26. The molecule has 5 heteroatoms. The predicted molar refractivity (Wildman–Crippen MR) is 129 cm³/mol. The molecule has 3 unspecified atom stereocenters. The topological polar surface area (TPSA) is 51.0 Å². The van der Waals surface area contributed by atoms with Gasteiger partial charge >= 0.3 is 0 Å². The second-order valence-electron chi connectivity index (χ2n) is 7.97. The minimum Gasteiger partial charge on any atom is -1.00 e. The highest BCUT2D eigenvalue weighted by atomic mass is 35.5. The first-order valence-corrected chi connectivity index (χ1v) is 11.0. The SMILES string of the molecule is COc1cccc(C(=O)CC[NH+](C/C=C/c2ccccc2)C(C)C(O)c2ccccc2)c1.[Cl-]. The van der Waals surface area contributed by atoms with Crippen LogP contribution in [0, 0.1) is 0 Å². The van der Waals surface area contributed by atoms with E-state index in [4.69, 9.17) is 4.74 Å². The third-order valence-electron chi connectivity index (χ3n) is 5.81. The Bertz CT molecular complexity index is 1010. The van der Waals surface area contributed by atoms with Gasteiger partial charge in [-0.3, -0.25) is 4.79 Å². The summed E-state index contributed by atoms with van der Waals surface area (Å²) in [5.41, 5.74) is 2.68. The molecular weight excluding hydrogens is 434 g/mol. The summed E-state index contributed by atoms with van der Waals surface area (Å²) < 4.78 is 5.24. The quantitative estimate of drug-likeness (QED) is 0.415. The lowest BCUT2D eigenvalue weighted by Gasteiger charge is -2.29. The summed E-state index contributed by atoms with van der Waals surface area (Å²) in [6.45, 7) is 3.38. The normalized spacial score (nSPS) is 13.7. The summed E-state index contributed by atoms with van der Waals surface area (Å²) >= 11 is 0. The number of hydrogen-bond acceptors (Lipinski definition) is 3. The van der Waals surface area contributed by atoms with Crippen molar-refractivity contribution in [3.05, 3.63) is 108 Å². The number of benzene rings is 3. The molecule has 0 aliphatic carbocycles. The molecule has 0 saturated carbocycles. The zero-order valence-corrected chi connectivity index (χ0v) is 19.9. The van der Waals surface area contributed by atoms with Crippen molar-refractivity contribution < 1.29 is 31.9 Å². The number of carbonyl (C=O) groups excluding carboxylic acids is 1. The zero-order valence-electron chi connectivity index (χ0n) is 19.2. The van der Waals surface area contributed by atoms with E-state index in [0.29, 0.717) is 30.8 Å². The summed E-state index contributed by atoms with van der Waals surface area (Å²) in [5.74, 6) is 0.758. The van der Waals surface area contributed by atoms with Crippen LogP contribution in [0.25, 0.3) is 6.08 Å². The Morgan fingerprint density at radius 3 is 2.33 bits per heavy atom. The number of nitrogens with one attached hydrogen (secondary N) is 1. The maximum Gasteiger partial charge on any atom is 0.168 e. The lowest BCUT2D eigenvalue weighted by atomic mass is 10.0. The van der Waals surface area contributed by atoms with E-state index in [2.05, 4.69) is 24.3 Å². The van der Waals surface area contributed by atoms with Crippen molar-refractivity contribution in [2.75, 3.05) is 20.2 Å². The van der Waals surface area contributed by atoms with Crippen LogP contribution in [0.15, 0.2) is 91.0 Å². The fraction of sp³-hybridized carbons (Fsp3) is 0.250. The molecule has 0 fully saturated rings. The number of ether oxygens (including phenoxy) is 1. The van der Waals surface area contributed by atoms with Crippen LogP contribution >= 0.6 is 0 Å². The van der Waals surface area contributed by atoms with Crippen molar-refractivity contribution in [2.24, 2.45) is 0 Å². The predicted octanol–water partition coefficient (Wildman–Crippen LogP) is 0.992. The number of rotatable bonds is 11. The molecule has 0 saturated heterocycles. The monoisotopic (exact) mass is 465 g/mol. The molecule has 0 aromatic heterocycles. The van der Waals surface area contributed by atoms with Crippen molar-refractivity contribution >= 4 is 11.9 Å². The van der Waals surface area contributed by atoms with Gasteiger partial charge in [-0.1, -0.05) is 78.9 Å². The minimum absolute atomic E-state index is 0. The summed E-state index contributed by atoms with van der Waals surface area (Å²) in [6.07, 6.45) is 4.00. The molecule has 0 radical (unpaired) electrons. The molecule has 174 valence electrons. The second-order valence-corrected chi connectivity index (χ2v) is 7.97. The van der Waals surface area contributed by atoms with Crippen molar-refractivity contribution in [1.82, 2.24) is 0 Å². The van der Waals surface area contributed by atoms with E-state index in [1.807, 2.05) is 73.7 Å². The molecule has 3 rings (SSSR count). The number of aliphatic hydroxyl groups is 1. The summed E-state index contributed by atoms with van der Waals surface area (Å²) in [7, 11) is 1.60. The van der Waals surface area contributed by atoms with Crippen LogP contribution in [0.5, 0.6) is 5.75 Å². The van der Waals surface area contributed by atoms with Crippen molar-refractivity contribution in [1.29, 1.82) is 0 Å². The first-order valence-electron chi connectivity index (χ1n) is 11.0. The number of aliphatic hydroxyl groups excluding tert-OH is 1. The molecule has 2 N–H and O–H groups in total. The van der Waals surface area contributed by atoms with Gasteiger partial charge in [0.15, 0.2) is 5.78 Å². The Balaban J connectivity index is 0.00000385. The average Bonchev–Trinajstić information content (AvgIpc) is 2.86. The van der Waals surface area contributed by atoms with Crippen LogP contribution < -0.4 is 22.0 Å². The molecular formula is C28H32ClNO3. The van der Waals surface area contributed by atoms with Crippen LogP contribution in [0.3, 0.4) is 0 Å². The largest absolute Gasteiger partial charge is 1.00 e. The van der Waals surface area contributed by atoms with Gasteiger partial charge in [0.25, 0.3) is 0 Å². The van der Waals surface area contributed by atoms with Gasteiger partial charge in [-0.15, -0.1) is 0 Å². The van der Waals surface area contributed by atoms with E-state index < -0.39 is 6.10 Å². The molecule has 0 spiro atoms. The smallest absolute Gasteiger partial charge is 0.168 e. The first-order chi connectivity index (χ1) is 15.6. The molecule has 4 nitrogen and oxygen atoms in total. The third-order valence-corrected chi connectivity index (χ3v) is 5.81. The summed E-state index contributed by atoms with van der Waals surface area (Å²) in [5, 5.41) is 11.0. The molecule has 0 amide bonds. The highest BCUT2D eigenvalue weighted by molar-refractivity contribution is 5.96. The molecule has 0 aliphatic rings. The fourth-order valence-corrected chi connectivity index (χ4v) is 3.80. The van der Waals surface area contributed by atoms with Gasteiger partial charge in [-0.2, -0.15) is 0 Å². The molecule has 3 atom stereocenters.